The lowest BCUT2D eigenvalue weighted by molar-refractivity contribution is -0.134. The third kappa shape index (κ3) is 5.42. The second-order valence-corrected chi connectivity index (χ2v) is 8.88. The molecule has 1 amide bonds. The van der Waals surface area contributed by atoms with E-state index in [-0.39, 0.29) is 5.91 Å². The van der Waals surface area contributed by atoms with Crippen molar-refractivity contribution in [2.75, 3.05) is 26.7 Å². The number of carbonyl (C=O) groups is 1. The third-order valence-corrected chi connectivity index (χ3v) is 6.53. The van der Waals surface area contributed by atoms with Gasteiger partial charge in [0.2, 0.25) is 5.91 Å². The molecule has 0 unspecified atom stereocenters. The molecule has 2 heterocycles. The Morgan fingerprint density at radius 2 is 2.03 bits per heavy atom. The Morgan fingerprint density at radius 1 is 1.15 bits per heavy atom. The molecule has 3 aromatic rings. The van der Waals surface area contributed by atoms with Crippen molar-refractivity contribution in [3.05, 3.63) is 84.2 Å². The predicted molar refractivity (Wildman–Crippen MR) is 132 cm³/mol. The first kappa shape index (κ1) is 23.0. The molecule has 1 saturated heterocycles. The molecule has 0 aliphatic carbocycles. The van der Waals surface area contributed by atoms with Crippen molar-refractivity contribution in [3.8, 4) is 16.9 Å². The van der Waals surface area contributed by atoms with E-state index in [0.29, 0.717) is 13.0 Å². The van der Waals surface area contributed by atoms with Crippen LogP contribution in [0.5, 0.6) is 5.75 Å². The van der Waals surface area contributed by atoms with Crippen LogP contribution in [0.2, 0.25) is 0 Å². The number of methoxy groups -OCH3 is 1. The summed E-state index contributed by atoms with van der Waals surface area (Å²) in [5, 5.41) is 3.14. The van der Waals surface area contributed by atoms with Gasteiger partial charge in [-0.1, -0.05) is 42.5 Å². The Balaban J connectivity index is 1.63. The zero-order valence-corrected chi connectivity index (χ0v) is 19.6. The second kappa shape index (κ2) is 10.6. The van der Waals surface area contributed by atoms with Gasteiger partial charge in [0.1, 0.15) is 5.75 Å². The minimum atomic E-state index is -0.467. The quantitative estimate of drug-likeness (QED) is 0.547. The van der Waals surface area contributed by atoms with E-state index in [9.17, 15) is 4.79 Å². The molecule has 5 nitrogen and oxygen atoms in total. The van der Waals surface area contributed by atoms with Crippen molar-refractivity contribution in [2.24, 2.45) is 5.41 Å². The summed E-state index contributed by atoms with van der Waals surface area (Å²) in [4.78, 5) is 20.2. The van der Waals surface area contributed by atoms with Crippen molar-refractivity contribution in [3.63, 3.8) is 0 Å². The summed E-state index contributed by atoms with van der Waals surface area (Å²) in [6.45, 7) is 5.16. The summed E-state index contributed by atoms with van der Waals surface area (Å²) in [7, 11) is 1.69. The van der Waals surface area contributed by atoms with Gasteiger partial charge in [0, 0.05) is 37.6 Å². The van der Waals surface area contributed by atoms with Crippen LogP contribution in [-0.4, -0.2) is 42.5 Å². The number of amides is 1. The van der Waals surface area contributed by atoms with Crippen molar-refractivity contribution < 1.29 is 9.53 Å². The van der Waals surface area contributed by atoms with Gasteiger partial charge in [0.05, 0.1) is 12.5 Å². The van der Waals surface area contributed by atoms with Crippen molar-refractivity contribution in [2.45, 2.75) is 32.7 Å². The number of carbonyl (C=O) groups excluding carboxylic acids is 1. The average Bonchev–Trinajstić information content (AvgIpc) is 2.85. The lowest BCUT2D eigenvalue weighted by Crippen LogP contribution is -2.53. The summed E-state index contributed by atoms with van der Waals surface area (Å²) in [5.41, 5.74) is 4.17. The number of ether oxygens (including phenoxy) is 1. The van der Waals surface area contributed by atoms with Crippen molar-refractivity contribution in [1.29, 1.82) is 0 Å². The molecule has 0 radical (unpaired) electrons. The van der Waals surface area contributed by atoms with E-state index in [4.69, 9.17) is 4.74 Å². The number of rotatable bonds is 8. The Kier molecular flexibility index (Phi) is 7.40. The van der Waals surface area contributed by atoms with E-state index < -0.39 is 5.41 Å². The Morgan fingerprint density at radius 3 is 2.82 bits per heavy atom. The first-order valence-corrected chi connectivity index (χ1v) is 11.8. The van der Waals surface area contributed by atoms with Gasteiger partial charge in [-0.15, -0.1) is 0 Å². The van der Waals surface area contributed by atoms with Gasteiger partial charge in [0.15, 0.2) is 0 Å². The highest BCUT2D eigenvalue weighted by molar-refractivity contribution is 5.84. The van der Waals surface area contributed by atoms with E-state index >= 15 is 0 Å². The highest BCUT2D eigenvalue weighted by Gasteiger charge is 2.42. The molecule has 1 aromatic heterocycles. The van der Waals surface area contributed by atoms with Gasteiger partial charge in [0.25, 0.3) is 0 Å². The number of hydrogen-bond acceptors (Lipinski definition) is 4. The molecule has 172 valence electrons. The number of nitrogens with zero attached hydrogens (tertiary/aromatic N) is 2. The predicted octanol–water partition coefficient (Wildman–Crippen LogP) is 4.72. The number of likely N-dealkylation sites (tertiary alicyclic amines) is 1. The van der Waals surface area contributed by atoms with Crippen LogP contribution in [0.15, 0.2) is 73.1 Å². The SMILES string of the molecule is CCNC(=O)[C@@]1(Cc2ccccc2-c2cccnc2)CCCN(Cc2cccc(OC)c2)C1. The molecule has 0 spiro atoms. The Hall–Kier alpha value is -3.18. The smallest absolute Gasteiger partial charge is 0.227 e. The number of benzene rings is 2. The molecular formula is C28H33N3O2. The molecule has 0 bridgehead atoms. The van der Waals surface area contributed by atoms with Crippen LogP contribution in [0.3, 0.4) is 0 Å². The molecule has 1 fully saturated rings. The van der Waals surface area contributed by atoms with Crippen LogP contribution in [0.1, 0.15) is 30.9 Å². The summed E-state index contributed by atoms with van der Waals surface area (Å²) in [5.74, 6) is 1.02. The summed E-state index contributed by atoms with van der Waals surface area (Å²) < 4.78 is 5.40. The molecule has 33 heavy (non-hydrogen) atoms. The first-order chi connectivity index (χ1) is 16.1. The molecular weight excluding hydrogens is 410 g/mol. The fraction of sp³-hybridized carbons (Fsp3) is 0.357. The number of hydrogen-bond donors (Lipinski definition) is 1. The van der Waals surface area contributed by atoms with Crippen LogP contribution in [0.25, 0.3) is 11.1 Å². The largest absolute Gasteiger partial charge is 0.497 e. The van der Waals surface area contributed by atoms with Crippen LogP contribution in [0, 0.1) is 5.41 Å². The fourth-order valence-corrected chi connectivity index (χ4v) is 4.99. The molecule has 1 aliphatic heterocycles. The van der Waals surface area contributed by atoms with E-state index in [1.165, 1.54) is 11.1 Å². The highest BCUT2D eigenvalue weighted by Crippen LogP contribution is 2.37. The summed E-state index contributed by atoms with van der Waals surface area (Å²) >= 11 is 0. The van der Waals surface area contributed by atoms with E-state index in [2.05, 4.69) is 57.7 Å². The normalized spacial score (nSPS) is 18.6. The van der Waals surface area contributed by atoms with Gasteiger partial charge in [-0.3, -0.25) is 14.7 Å². The van der Waals surface area contributed by atoms with E-state index in [0.717, 1.165) is 49.4 Å². The van der Waals surface area contributed by atoms with Gasteiger partial charge in [-0.05, 0) is 67.6 Å². The van der Waals surface area contributed by atoms with E-state index in [1.807, 2.05) is 31.3 Å². The monoisotopic (exact) mass is 443 g/mol. The molecule has 2 aromatic carbocycles. The average molecular weight is 444 g/mol. The molecule has 4 rings (SSSR count). The second-order valence-electron chi connectivity index (χ2n) is 8.88. The lowest BCUT2D eigenvalue weighted by atomic mass is 9.73. The Bertz CT molecular complexity index is 1070. The van der Waals surface area contributed by atoms with E-state index in [1.54, 1.807) is 13.3 Å². The first-order valence-electron chi connectivity index (χ1n) is 11.8. The number of piperidine rings is 1. The Labute approximate surface area is 196 Å². The number of nitrogens with one attached hydrogen (secondary N) is 1. The van der Waals surface area contributed by atoms with Crippen LogP contribution in [-0.2, 0) is 17.8 Å². The minimum Gasteiger partial charge on any atom is -0.497 e. The topological polar surface area (TPSA) is 54.5 Å². The number of aromatic nitrogens is 1. The van der Waals surface area contributed by atoms with Gasteiger partial charge < -0.3 is 10.1 Å². The maximum absolute atomic E-state index is 13.5. The fourth-order valence-electron chi connectivity index (χ4n) is 4.99. The standard InChI is InChI=1S/C28H33N3O2/c1-3-30-27(32)28(18-23-10-4-5-13-26(23)24-11-7-15-29-19-24)14-8-16-31(21-28)20-22-9-6-12-25(17-22)33-2/h4-7,9-13,15,17,19H,3,8,14,16,18,20-21H2,1-2H3,(H,30,32)/t28-/m1/s1. The number of pyridine rings is 1. The zero-order valence-electron chi connectivity index (χ0n) is 19.6. The molecule has 5 heteroatoms. The molecule has 0 saturated carbocycles. The molecule has 1 atom stereocenters. The lowest BCUT2D eigenvalue weighted by Gasteiger charge is -2.42. The van der Waals surface area contributed by atoms with Gasteiger partial charge in [-0.25, -0.2) is 0 Å². The van der Waals surface area contributed by atoms with Gasteiger partial charge in [-0.2, -0.15) is 0 Å². The van der Waals surface area contributed by atoms with Crippen molar-refractivity contribution in [1.82, 2.24) is 15.2 Å². The van der Waals surface area contributed by atoms with Crippen LogP contribution >= 0.6 is 0 Å². The van der Waals surface area contributed by atoms with Crippen LogP contribution in [0.4, 0.5) is 0 Å². The third-order valence-electron chi connectivity index (χ3n) is 6.53. The maximum atomic E-state index is 13.5. The molecule has 1 N–H and O–H groups in total. The zero-order chi connectivity index (χ0) is 23.1. The highest BCUT2D eigenvalue weighted by atomic mass is 16.5. The maximum Gasteiger partial charge on any atom is 0.227 e. The van der Waals surface area contributed by atoms with Crippen molar-refractivity contribution >= 4 is 5.91 Å². The minimum absolute atomic E-state index is 0.154. The molecule has 1 aliphatic rings. The summed E-state index contributed by atoms with van der Waals surface area (Å²) in [6, 6.07) is 20.7. The van der Waals surface area contributed by atoms with Crippen LogP contribution < -0.4 is 10.1 Å². The van der Waals surface area contributed by atoms with Gasteiger partial charge >= 0.3 is 0 Å². The summed E-state index contributed by atoms with van der Waals surface area (Å²) in [6.07, 6.45) is 6.27.